The van der Waals surface area contributed by atoms with E-state index < -0.39 is 0 Å². The highest BCUT2D eigenvalue weighted by Crippen LogP contribution is 2.10. The van der Waals surface area contributed by atoms with Crippen LogP contribution in [0.1, 0.15) is 142 Å². The van der Waals surface area contributed by atoms with Crippen LogP contribution in [-0.4, -0.2) is 37.6 Å². The van der Waals surface area contributed by atoms with Gasteiger partial charge in [-0.2, -0.15) is 0 Å². The molecule has 0 heterocycles. The van der Waals surface area contributed by atoms with E-state index in [4.69, 9.17) is 9.47 Å². The van der Waals surface area contributed by atoms with Crippen molar-refractivity contribution in [3.63, 3.8) is 0 Å². The average Bonchev–Trinajstić information content (AvgIpc) is 3.00. The average molecular weight is 585 g/mol. The lowest BCUT2D eigenvalue weighted by atomic mass is 10.1. The molecule has 0 fully saturated rings. The van der Waals surface area contributed by atoms with Gasteiger partial charge in [0, 0.05) is 13.2 Å². The van der Waals surface area contributed by atoms with E-state index in [2.05, 4.69) is 86.8 Å². The van der Waals surface area contributed by atoms with Gasteiger partial charge in [-0.1, -0.05) is 164 Å². The largest absolute Gasteiger partial charge is 0.394 e. The van der Waals surface area contributed by atoms with Crippen molar-refractivity contribution in [2.45, 2.75) is 148 Å². The van der Waals surface area contributed by atoms with Gasteiger partial charge in [0.2, 0.25) is 0 Å². The zero-order valence-corrected chi connectivity index (χ0v) is 27.7. The van der Waals surface area contributed by atoms with Crippen LogP contribution in [0.15, 0.2) is 72.9 Å². The predicted octanol–water partition coefficient (Wildman–Crippen LogP) is 11.6. The Morgan fingerprint density at radius 1 is 0.452 bits per heavy atom. The molecule has 0 saturated carbocycles. The van der Waals surface area contributed by atoms with E-state index in [1.54, 1.807) is 0 Å². The molecule has 0 aromatic heterocycles. The first-order valence-electron chi connectivity index (χ1n) is 17.6. The van der Waals surface area contributed by atoms with Crippen LogP contribution in [0, 0.1) is 0 Å². The van der Waals surface area contributed by atoms with Crippen molar-refractivity contribution in [2.24, 2.45) is 0 Å². The molecule has 1 N–H and O–H groups in total. The van der Waals surface area contributed by atoms with Gasteiger partial charge in [0.05, 0.1) is 13.2 Å². The summed E-state index contributed by atoms with van der Waals surface area (Å²) in [5.74, 6) is 0. The summed E-state index contributed by atoms with van der Waals surface area (Å²) in [4.78, 5) is 0. The summed E-state index contributed by atoms with van der Waals surface area (Å²) in [5, 5.41) is 9.58. The third kappa shape index (κ3) is 34.5. The van der Waals surface area contributed by atoms with Gasteiger partial charge in [-0.15, -0.1) is 0 Å². The molecule has 1 atom stereocenters. The fraction of sp³-hybridized carbons (Fsp3) is 0.692. The van der Waals surface area contributed by atoms with Crippen molar-refractivity contribution in [1.29, 1.82) is 0 Å². The zero-order valence-electron chi connectivity index (χ0n) is 27.7. The first-order valence-corrected chi connectivity index (χ1v) is 17.6. The number of unbranched alkanes of at least 4 members (excludes halogenated alkanes) is 16. The minimum atomic E-state index is -0.183. The molecule has 0 unspecified atom stereocenters. The molecule has 0 bridgehead atoms. The van der Waals surface area contributed by atoms with Gasteiger partial charge in [0.15, 0.2) is 0 Å². The Labute approximate surface area is 261 Å². The highest BCUT2D eigenvalue weighted by Gasteiger charge is 2.07. The lowest BCUT2D eigenvalue weighted by Crippen LogP contribution is -2.24. The molecule has 0 aromatic rings. The molecule has 0 aliphatic heterocycles. The molecule has 3 heteroatoms. The highest BCUT2D eigenvalue weighted by atomic mass is 16.5. The molecule has 242 valence electrons. The summed E-state index contributed by atoms with van der Waals surface area (Å²) in [5.41, 5.74) is 0. The van der Waals surface area contributed by atoms with Crippen LogP contribution in [0.3, 0.4) is 0 Å². The van der Waals surface area contributed by atoms with Crippen LogP contribution in [0.4, 0.5) is 0 Å². The normalized spacial score (nSPS) is 13.5. The number of ether oxygens (including phenoxy) is 2. The molecule has 42 heavy (non-hydrogen) atoms. The standard InChI is InChI=1S/C39H68O3/c1-3-5-7-9-11-13-15-17-19-21-23-25-27-29-31-33-35-41-38-39(37-40)42-36-34-32-30-28-26-24-22-20-18-16-14-12-10-8-6-4-2/h9-20,39-40H,3-8,21-38H2,1-2H3/b11-9?,12-10?,15-13+,16-14+,19-17?,20-18?/t39-/m0/s1. The van der Waals surface area contributed by atoms with Crippen molar-refractivity contribution in [3.8, 4) is 0 Å². The lowest BCUT2D eigenvalue weighted by molar-refractivity contribution is -0.0437. The Kier molecular flexibility index (Phi) is 35.9. The number of aliphatic hydroxyl groups is 1. The van der Waals surface area contributed by atoms with Gasteiger partial charge >= 0.3 is 0 Å². The fourth-order valence-corrected chi connectivity index (χ4v) is 4.46. The zero-order chi connectivity index (χ0) is 30.4. The quantitative estimate of drug-likeness (QED) is 0.0631. The van der Waals surface area contributed by atoms with Crippen LogP contribution in [0.25, 0.3) is 0 Å². The van der Waals surface area contributed by atoms with E-state index in [0.717, 1.165) is 26.1 Å². The van der Waals surface area contributed by atoms with Gasteiger partial charge in [0.25, 0.3) is 0 Å². The Morgan fingerprint density at radius 2 is 0.833 bits per heavy atom. The summed E-state index contributed by atoms with van der Waals surface area (Å²) in [6.45, 7) is 6.49. The first-order chi connectivity index (χ1) is 20.8. The monoisotopic (exact) mass is 585 g/mol. The van der Waals surface area contributed by atoms with E-state index in [0.29, 0.717) is 6.61 Å². The van der Waals surface area contributed by atoms with Gasteiger partial charge in [-0.3, -0.25) is 0 Å². The van der Waals surface area contributed by atoms with Crippen LogP contribution in [0.5, 0.6) is 0 Å². The molecule has 0 aromatic carbocycles. The maximum absolute atomic E-state index is 9.58. The second kappa shape index (κ2) is 37.3. The van der Waals surface area contributed by atoms with Crippen LogP contribution in [-0.2, 0) is 9.47 Å². The van der Waals surface area contributed by atoms with Crippen molar-refractivity contribution in [2.75, 3.05) is 26.4 Å². The third-order valence-electron chi connectivity index (χ3n) is 7.20. The number of hydrogen-bond acceptors (Lipinski definition) is 3. The minimum absolute atomic E-state index is 0.0394. The lowest BCUT2D eigenvalue weighted by Gasteiger charge is -2.15. The third-order valence-corrected chi connectivity index (χ3v) is 7.20. The van der Waals surface area contributed by atoms with Gasteiger partial charge < -0.3 is 14.6 Å². The van der Waals surface area contributed by atoms with E-state index >= 15 is 0 Å². The number of hydrogen-bond donors (Lipinski definition) is 1. The Balaban J connectivity index is 3.44. The van der Waals surface area contributed by atoms with Crippen LogP contribution >= 0.6 is 0 Å². The fourth-order valence-electron chi connectivity index (χ4n) is 4.46. The highest BCUT2D eigenvalue weighted by molar-refractivity contribution is 5.11. The van der Waals surface area contributed by atoms with E-state index in [1.807, 2.05) is 0 Å². The maximum atomic E-state index is 9.58. The second-order valence-electron chi connectivity index (χ2n) is 11.3. The van der Waals surface area contributed by atoms with E-state index in [1.165, 1.54) is 116 Å². The molecular formula is C39H68O3. The number of aliphatic hydroxyl groups excluding tert-OH is 1. The van der Waals surface area contributed by atoms with Gasteiger partial charge in [0.1, 0.15) is 6.10 Å². The first kappa shape index (κ1) is 40.3. The van der Waals surface area contributed by atoms with Crippen molar-refractivity contribution < 1.29 is 14.6 Å². The van der Waals surface area contributed by atoms with E-state index in [-0.39, 0.29) is 12.7 Å². The van der Waals surface area contributed by atoms with Crippen LogP contribution in [0.2, 0.25) is 0 Å². The van der Waals surface area contributed by atoms with Gasteiger partial charge in [-0.25, -0.2) is 0 Å². The number of rotatable bonds is 32. The Bertz CT molecular complexity index is 686. The molecule has 0 saturated heterocycles. The minimum Gasteiger partial charge on any atom is -0.394 e. The molecule has 0 rings (SSSR count). The molecule has 3 nitrogen and oxygen atoms in total. The Morgan fingerprint density at radius 3 is 1.26 bits per heavy atom. The summed E-state index contributed by atoms with van der Waals surface area (Å²) in [7, 11) is 0. The Hall–Kier alpha value is -1.68. The maximum Gasteiger partial charge on any atom is 0.104 e. The molecule has 0 aliphatic rings. The molecule has 0 radical (unpaired) electrons. The molecule has 0 spiro atoms. The topological polar surface area (TPSA) is 38.7 Å². The van der Waals surface area contributed by atoms with Crippen molar-refractivity contribution in [1.82, 2.24) is 0 Å². The second-order valence-corrected chi connectivity index (χ2v) is 11.3. The molecular weight excluding hydrogens is 516 g/mol. The summed E-state index contributed by atoms with van der Waals surface area (Å²) in [6, 6.07) is 0. The van der Waals surface area contributed by atoms with E-state index in [9.17, 15) is 5.11 Å². The molecule has 0 aliphatic carbocycles. The summed E-state index contributed by atoms with van der Waals surface area (Å²) < 4.78 is 11.6. The van der Waals surface area contributed by atoms with Crippen molar-refractivity contribution in [3.05, 3.63) is 72.9 Å². The number of allylic oxidation sites excluding steroid dienone is 12. The SMILES string of the molecule is CCCCC=C/C=C/C=CCCCCCCCCOC[C@H](CO)OCCCCCCCCC=C/C=C/C=CCCCC. The van der Waals surface area contributed by atoms with Crippen LogP contribution < -0.4 is 0 Å². The smallest absolute Gasteiger partial charge is 0.104 e. The predicted molar refractivity (Wildman–Crippen MR) is 186 cm³/mol. The molecule has 0 amide bonds. The van der Waals surface area contributed by atoms with Gasteiger partial charge in [-0.05, 0) is 51.4 Å². The summed E-state index contributed by atoms with van der Waals surface area (Å²) in [6.07, 6.45) is 50.7. The van der Waals surface area contributed by atoms with Crippen molar-refractivity contribution >= 4 is 0 Å². The summed E-state index contributed by atoms with van der Waals surface area (Å²) >= 11 is 0.